The number of aryl methyl sites for hydroxylation is 2. The van der Waals surface area contributed by atoms with Crippen molar-refractivity contribution >= 4 is 11.8 Å². The van der Waals surface area contributed by atoms with E-state index >= 15 is 0 Å². The summed E-state index contributed by atoms with van der Waals surface area (Å²) in [6, 6.07) is 8.12. The molecule has 5 rings (SSSR count). The van der Waals surface area contributed by atoms with Crippen LogP contribution in [0, 0.1) is 25.7 Å². The molecule has 2 saturated heterocycles. The van der Waals surface area contributed by atoms with Crippen LogP contribution in [0.25, 0.3) is 0 Å². The maximum atomic E-state index is 13.4. The van der Waals surface area contributed by atoms with Gasteiger partial charge in [-0.2, -0.15) is 5.10 Å². The quantitative estimate of drug-likeness (QED) is 0.770. The average Bonchev–Trinajstić information content (AvgIpc) is 3.47. The summed E-state index contributed by atoms with van der Waals surface area (Å²) in [5.41, 5.74) is 3.71. The third-order valence-electron chi connectivity index (χ3n) is 6.75. The van der Waals surface area contributed by atoms with Crippen molar-refractivity contribution in [3.05, 3.63) is 65.0 Å². The molecule has 2 bridgehead atoms. The molecule has 1 spiro atoms. The molecule has 156 valence electrons. The first kappa shape index (κ1) is 19.1. The number of carbonyl (C=O) groups excluding carboxylic acids is 2. The van der Waals surface area contributed by atoms with E-state index in [-0.39, 0.29) is 17.9 Å². The highest BCUT2D eigenvalue weighted by Gasteiger charge is 2.67. The summed E-state index contributed by atoms with van der Waals surface area (Å²) in [4.78, 5) is 30.2. The summed E-state index contributed by atoms with van der Waals surface area (Å²) in [5, 5.41) is 6.82. The molecule has 3 aliphatic rings. The molecular formula is C23H26N4O3. The summed E-state index contributed by atoms with van der Waals surface area (Å²) in [6.45, 7) is 5.61. The minimum Gasteiger partial charge on any atom is -0.360 e. The number of hydrogen-bond donors (Lipinski definition) is 1. The maximum absolute atomic E-state index is 13.4. The molecule has 0 saturated carbocycles. The number of likely N-dealkylation sites (tertiary alicyclic amines) is 1. The van der Waals surface area contributed by atoms with Gasteiger partial charge in [0.05, 0.1) is 36.7 Å². The second kappa shape index (κ2) is 6.80. The van der Waals surface area contributed by atoms with E-state index in [1.165, 1.54) is 11.1 Å². The normalized spacial score (nSPS) is 29.0. The number of ether oxygens (including phenoxy) is 1. The van der Waals surface area contributed by atoms with E-state index < -0.39 is 17.4 Å². The van der Waals surface area contributed by atoms with E-state index in [4.69, 9.17) is 4.74 Å². The number of aromatic amines is 1. The third kappa shape index (κ3) is 2.88. The molecule has 2 amide bonds. The van der Waals surface area contributed by atoms with Crippen molar-refractivity contribution in [2.24, 2.45) is 11.8 Å². The van der Waals surface area contributed by atoms with Crippen LogP contribution >= 0.6 is 0 Å². The summed E-state index contributed by atoms with van der Waals surface area (Å²) in [5.74, 6) is -1.00. The number of nitrogens with zero attached hydrogens (tertiary/aromatic N) is 3. The molecule has 1 aromatic heterocycles. The van der Waals surface area contributed by atoms with Gasteiger partial charge < -0.3 is 14.5 Å². The van der Waals surface area contributed by atoms with E-state index in [0.29, 0.717) is 19.6 Å². The molecule has 2 fully saturated rings. The van der Waals surface area contributed by atoms with Crippen LogP contribution < -0.4 is 0 Å². The van der Waals surface area contributed by atoms with Gasteiger partial charge in [0.1, 0.15) is 5.60 Å². The van der Waals surface area contributed by atoms with Gasteiger partial charge in [-0.15, -0.1) is 0 Å². The number of nitrogens with one attached hydrogen (secondary N) is 1. The van der Waals surface area contributed by atoms with Gasteiger partial charge in [0, 0.05) is 19.8 Å². The Labute approximate surface area is 175 Å². The predicted octanol–water partition coefficient (Wildman–Crippen LogP) is 1.97. The van der Waals surface area contributed by atoms with Crippen molar-refractivity contribution in [3.8, 4) is 0 Å². The molecular weight excluding hydrogens is 380 g/mol. The smallest absolute Gasteiger partial charge is 0.230 e. The van der Waals surface area contributed by atoms with E-state index in [1.807, 2.05) is 23.1 Å². The summed E-state index contributed by atoms with van der Waals surface area (Å²) < 4.78 is 6.24. The summed E-state index contributed by atoms with van der Waals surface area (Å²) >= 11 is 0. The molecule has 3 aliphatic heterocycles. The topological polar surface area (TPSA) is 78.5 Å². The first-order chi connectivity index (χ1) is 14.4. The van der Waals surface area contributed by atoms with Gasteiger partial charge in [-0.1, -0.05) is 30.4 Å². The minimum atomic E-state index is -0.684. The number of carbonyl (C=O) groups is 2. The van der Waals surface area contributed by atoms with Gasteiger partial charge in [0.25, 0.3) is 0 Å². The van der Waals surface area contributed by atoms with Crippen molar-refractivity contribution in [1.29, 1.82) is 0 Å². The summed E-state index contributed by atoms with van der Waals surface area (Å²) in [6.07, 6.45) is 5.28. The Bertz CT molecular complexity index is 1030. The average molecular weight is 406 g/mol. The third-order valence-corrected chi connectivity index (χ3v) is 6.75. The van der Waals surface area contributed by atoms with Gasteiger partial charge in [-0.25, -0.2) is 0 Å². The monoisotopic (exact) mass is 406 g/mol. The predicted molar refractivity (Wildman–Crippen MR) is 110 cm³/mol. The zero-order valence-electron chi connectivity index (χ0n) is 17.5. The van der Waals surface area contributed by atoms with Crippen LogP contribution in [-0.4, -0.2) is 57.1 Å². The molecule has 30 heavy (non-hydrogen) atoms. The first-order valence-electron chi connectivity index (χ1n) is 10.3. The molecule has 4 heterocycles. The highest BCUT2D eigenvalue weighted by molar-refractivity contribution is 5.93. The number of aromatic nitrogens is 2. The molecule has 0 aliphatic carbocycles. The van der Waals surface area contributed by atoms with Crippen molar-refractivity contribution in [2.75, 3.05) is 13.6 Å². The Balaban J connectivity index is 1.36. The van der Waals surface area contributed by atoms with Crippen molar-refractivity contribution < 1.29 is 14.3 Å². The molecule has 0 radical (unpaired) electrons. The fourth-order valence-electron chi connectivity index (χ4n) is 5.08. The van der Waals surface area contributed by atoms with Crippen LogP contribution in [0.3, 0.4) is 0 Å². The van der Waals surface area contributed by atoms with Crippen LogP contribution in [0.1, 0.15) is 22.4 Å². The van der Waals surface area contributed by atoms with Crippen LogP contribution in [0.2, 0.25) is 0 Å². The largest absolute Gasteiger partial charge is 0.360 e. The fraction of sp³-hybridized carbons (Fsp3) is 0.435. The SMILES string of the molecule is Cc1ccc(CN2C[C@]34C=C[C@H](O3)[C@H](C(=O)N(C)Cc3ccn[nH]3)[C@@H]4C2=O)cc1C. The second-order valence-electron chi connectivity index (χ2n) is 8.79. The molecule has 4 atom stereocenters. The number of rotatable bonds is 5. The molecule has 2 aromatic rings. The van der Waals surface area contributed by atoms with E-state index in [1.54, 1.807) is 18.1 Å². The Hall–Kier alpha value is -2.93. The standard InChI is InChI=1S/C23H26N4O3/c1-14-4-5-16(10-15(14)2)11-27-13-23-8-6-18(30-23)19(20(23)22(27)29)21(28)26(3)12-17-7-9-24-25-17/h4-10,18-20H,11-13H2,1-3H3,(H,24,25)/t18-,19-,20+,23-/m0/s1. The van der Waals surface area contributed by atoms with Gasteiger partial charge in [0.2, 0.25) is 11.8 Å². The fourth-order valence-corrected chi connectivity index (χ4v) is 5.08. The Morgan fingerprint density at radius 2 is 2.17 bits per heavy atom. The van der Waals surface area contributed by atoms with Crippen molar-refractivity contribution in [1.82, 2.24) is 20.0 Å². The molecule has 7 heteroatoms. The molecule has 1 N–H and O–H groups in total. The second-order valence-corrected chi connectivity index (χ2v) is 8.79. The number of hydrogen-bond acceptors (Lipinski definition) is 4. The molecule has 7 nitrogen and oxygen atoms in total. The summed E-state index contributed by atoms with van der Waals surface area (Å²) in [7, 11) is 1.76. The van der Waals surface area contributed by atoms with Gasteiger partial charge >= 0.3 is 0 Å². The van der Waals surface area contributed by atoms with Gasteiger partial charge in [-0.05, 0) is 36.6 Å². The first-order valence-corrected chi connectivity index (χ1v) is 10.3. The van der Waals surface area contributed by atoms with Crippen LogP contribution in [-0.2, 0) is 27.4 Å². The lowest BCUT2D eigenvalue weighted by Crippen LogP contribution is -2.44. The van der Waals surface area contributed by atoms with Crippen LogP contribution in [0.5, 0.6) is 0 Å². The Morgan fingerprint density at radius 1 is 1.33 bits per heavy atom. The maximum Gasteiger partial charge on any atom is 0.230 e. The van der Waals surface area contributed by atoms with Crippen LogP contribution in [0.15, 0.2) is 42.6 Å². The van der Waals surface area contributed by atoms with E-state index in [2.05, 4.69) is 42.2 Å². The van der Waals surface area contributed by atoms with Crippen molar-refractivity contribution in [3.63, 3.8) is 0 Å². The number of amides is 2. The highest BCUT2D eigenvalue weighted by atomic mass is 16.5. The lowest BCUT2D eigenvalue weighted by atomic mass is 9.76. The molecule has 1 aromatic carbocycles. The van der Waals surface area contributed by atoms with E-state index in [9.17, 15) is 9.59 Å². The van der Waals surface area contributed by atoms with E-state index in [0.717, 1.165) is 11.3 Å². The highest BCUT2D eigenvalue weighted by Crippen LogP contribution is 2.52. The van der Waals surface area contributed by atoms with Gasteiger partial charge in [-0.3, -0.25) is 14.7 Å². The number of H-pyrrole nitrogens is 1. The Morgan fingerprint density at radius 3 is 2.90 bits per heavy atom. The zero-order chi connectivity index (χ0) is 21.0. The van der Waals surface area contributed by atoms with Crippen molar-refractivity contribution in [2.45, 2.75) is 38.6 Å². The lowest BCUT2D eigenvalue weighted by Gasteiger charge is -2.27. The molecule has 0 unspecified atom stereocenters. The Kier molecular flexibility index (Phi) is 4.32. The minimum absolute atomic E-state index is 0.00775. The number of fused-ring (bicyclic) bond motifs is 1. The van der Waals surface area contributed by atoms with Crippen LogP contribution in [0.4, 0.5) is 0 Å². The number of benzene rings is 1. The zero-order valence-corrected chi connectivity index (χ0v) is 17.5. The lowest BCUT2D eigenvalue weighted by molar-refractivity contribution is -0.142. The van der Waals surface area contributed by atoms with Gasteiger partial charge in [0.15, 0.2) is 0 Å².